The number of hydrogen-bond donors (Lipinski definition) is 3. The van der Waals surface area contributed by atoms with Crippen LogP contribution < -0.4 is 10.7 Å². The van der Waals surface area contributed by atoms with Gasteiger partial charge in [0.25, 0.3) is 5.91 Å². The molecule has 174 valence electrons. The second-order valence-corrected chi connectivity index (χ2v) is 8.62. The second kappa shape index (κ2) is 9.48. The van der Waals surface area contributed by atoms with Gasteiger partial charge in [-0.2, -0.15) is 0 Å². The molecule has 9 nitrogen and oxygen atoms in total. The van der Waals surface area contributed by atoms with Crippen LogP contribution in [0.15, 0.2) is 41.3 Å². The van der Waals surface area contributed by atoms with E-state index >= 15 is 0 Å². The van der Waals surface area contributed by atoms with Gasteiger partial charge in [-0.3, -0.25) is 14.4 Å². The Morgan fingerprint density at radius 3 is 2.42 bits per heavy atom. The van der Waals surface area contributed by atoms with E-state index in [0.717, 1.165) is 43.9 Å². The van der Waals surface area contributed by atoms with Crippen molar-refractivity contribution in [2.75, 3.05) is 6.54 Å². The fourth-order valence-electron chi connectivity index (χ4n) is 4.65. The van der Waals surface area contributed by atoms with E-state index in [1.54, 1.807) is 0 Å². The van der Waals surface area contributed by atoms with Gasteiger partial charge in [-0.25, -0.2) is 4.79 Å². The van der Waals surface area contributed by atoms with Crippen molar-refractivity contribution >= 4 is 17.8 Å². The minimum atomic E-state index is -1.51. The monoisotopic (exact) mass is 453 g/mol. The molecule has 1 saturated carbocycles. The zero-order valence-corrected chi connectivity index (χ0v) is 18.2. The highest BCUT2D eigenvalue weighted by Gasteiger charge is 2.40. The Kier molecular flexibility index (Phi) is 6.48. The molecule has 33 heavy (non-hydrogen) atoms. The average molecular weight is 453 g/mol. The summed E-state index contributed by atoms with van der Waals surface area (Å²) in [6.45, 7) is 0.155. The summed E-state index contributed by atoms with van der Waals surface area (Å²) in [5, 5.41) is 22.7. The molecule has 1 aliphatic carbocycles. The van der Waals surface area contributed by atoms with Crippen molar-refractivity contribution in [1.29, 1.82) is 0 Å². The Bertz CT molecular complexity index is 1120. The number of aromatic nitrogens is 1. The fourth-order valence-corrected chi connectivity index (χ4v) is 4.65. The van der Waals surface area contributed by atoms with Crippen molar-refractivity contribution in [2.45, 2.75) is 57.2 Å². The van der Waals surface area contributed by atoms with Crippen LogP contribution in [-0.2, 0) is 17.8 Å². The van der Waals surface area contributed by atoms with Crippen LogP contribution in [-0.4, -0.2) is 56.1 Å². The maximum absolute atomic E-state index is 13.4. The molecule has 2 heterocycles. The Labute approximate surface area is 190 Å². The highest BCUT2D eigenvalue weighted by molar-refractivity contribution is 6.00. The molecule has 1 atom stereocenters. The lowest BCUT2D eigenvalue weighted by Gasteiger charge is -2.38. The number of benzene rings is 1. The molecule has 0 saturated heterocycles. The standard InChI is InChI=1S/C24H27N3O6/c28-20-17(24(32)33)13-26-14-18(22(30)25-16-9-5-2-6-10-16)27(23(31)19(26)21(20)29)12-11-15-7-3-1-4-8-15/h1,3-4,7-8,13,16,18,29H,2,5-6,9-12,14H2,(H,25,30)(H,32,33). The van der Waals surface area contributed by atoms with Gasteiger partial charge < -0.3 is 25.0 Å². The number of aromatic hydroxyl groups is 1. The Hall–Kier alpha value is -3.62. The summed E-state index contributed by atoms with van der Waals surface area (Å²) < 4.78 is 1.21. The van der Waals surface area contributed by atoms with Gasteiger partial charge in [-0.1, -0.05) is 49.6 Å². The van der Waals surface area contributed by atoms with Crippen LogP contribution in [0.2, 0.25) is 0 Å². The van der Waals surface area contributed by atoms with E-state index in [0.29, 0.717) is 6.42 Å². The summed E-state index contributed by atoms with van der Waals surface area (Å²) in [5.74, 6) is -3.40. The molecule has 1 unspecified atom stereocenters. The molecule has 3 N–H and O–H groups in total. The summed E-state index contributed by atoms with van der Waals surface area (Å²) >= 11 is 0. The third-order valence-corrected chi connectivity index (χ3v) is 6.43. The molecule has 2 amide bonds. The lowest BCUT2D eigenvalue weighted by molar-refractivity contribution is -0.127. The predicted octanol–water partition coefficient (Wildman–Crippen LogP) is 1.77. The fraction of sp³-hybridized carbons (Fsp3) is 0.417. The highest BCUT2D eigenvalue weighted by atomic mass is 16.4. The van der Waals surface area contributed by atoms with E-state index in [1.165, 1.54) is 9.47 Å². The predicted molar refractivity (Wildman–Crippen MR) is 119 cm³/mol. The molecule has 2 aliphatic rings. The van der Waals surface area contributed by atoms with E-state index in [9.17, 15) is 29.4 Å². The average Bonchev–Trinajstić information content (AvgIpc) is 2.81. The summed E-state index contributed by atoms with van der Waals surface area (Å²) in [6, 6.07) is 8.64. The second-order valence-electron chi connectivity index (χ2n) is 8.62. The van der Waals surface area contributed by atoms with Crippen LogP contribution >= 0.6 is 0 Å². The smallest absolute Gasteiger partial charge is 0.341 e. The number of pyridine rings is 1. The third-order valence-electron chi connectivity index (χ3n) is 6.43. The quantitative estimate of drug-likeness (QED) is 0.611. The number of carboxylic acids is 1. The van der Waals surface area contributed by atoms with Crippen molar-refractivity contribution < 1.29 is 24.6 Å². The maximum atomic E-state index is 13.4. The first-order valence-electron chi connectivity index (χ1n) is 11.2. The van der Waals surface area contributed by atoms with Crippen LogP contribution in [0.4, 0.5) is 0 Å². The van der Waals surface area contributed by atoms with E-state index in [1.807, 2.05) is 30.3 Å². The van der Waals surface area contributed by atoms with E-state index in [4.69, 9.17) is 0 Å². The maximum Gasteiger partial charge on any atom is 0.341 e. The van der Waals surface area contributed by atoms with Gasteiger partial charge in [-0.15, -0.1) is 0 Å². The summed E-state index contributed by atoms with van der Waals surface area (Å²) in [5.41, 5.74) is -1.08. The first-order chi connectivity index (χ1) is 15.9. The normalized spacial score (nSPS) is 18.6. The molecule has 0 bridgehead atoms. The van der Waals surface area contributed by atoms with Gasteiger partial charge >= 0.3 is 5.97 Å². The van der Waals surface area contributed by atoms with Crippen LogP contribution in [0, 0.1) is 0 Å². The number of carbonyl (C=O) groups excluding carboxylic acids is 2. The Morgan fingerprint density at radius 1 is 1.06 bits per heavy atom. The minimum absolute atomic E-state index is 0.0377. The molecule has 1 fully saturated rings. The van der Waals surface area contributed by atoms with Gasteiger partial charge in [0.05, 0.1) is 6.54 Å². The number of nitrogens with one attached hydrogen (secondary N) is 1. The van der Waals surface area contributed by atoms with Gasteiger partial charge in [0.15, 0.2) is 11.4 Å². The molecule has 4 rings (SSSR count). The van der Waals surface area contributed by atoms with Crippen LogP contribution in [0.3, 0.4) is 0 Å². The summed E-state index contributed by atoms with van der Waals surface area (Å²) in [6.07, 6.45) is 6.48. The number of fused-ring (bicyclic) bond motifs is 1. The van der Waals surface area contributed by atoms with E-state index in [-0.39, 0.29) is 30.7 Å². The van der Waals surface area contributed by atoms with Crippen molar-refractivity contribution in [3.63, 3.8) is 0 Å². The Balaban J connectivity index is 1.67. The van der Waals surface area contributed by atoms with Crippen molar-refractivity contribution in [2.24, 2.45) is 0 Å². The largest absolute Gasteiger partial charge is 0.503 e. The number of nitrogens with zero attached hydrogens (tertiary/aromatic N) is 2. The van der Waals surface area contributed by atoms with Crippen LogP contribution in [0.1, 0.15) is 58.5 Å². The number of carboxylic acid groups (broad SMARTS) is 1. The van der Waals surface area contributed by atoms with Gasteiger partial charge in [0.1, 0.15) is 11.6 Å². The SMILES string of the molecule is O=C(O)c1cn2c(c(O)c1=O)C(=O)N(CCc1ccccc1)C(C(=O)NC1CCCCC1)C2. The number of carbonyl (C=O) groups is 3. The molecule has 1 aliphatic heterocycles. The lowest BCUT2D eigenvalue weighted by atomic mass is 9.95. The molecular formula is C24H27N3O6. The van der Waals surface area contributed by atoms with Crippen molar-refractivity contribution in [1.82, 2.24) is 14.8 Å². The first kappa shape index (κ1) is 22.6. The van der Waals surface area contributed by atoms with Crippen molar-refractivity contribution in [3.05, 3.63) is 63.6 Å². The zero-order chi connectivity index (χ0) is 23.5. The number of rotatable bonds is 6. The van der Waals surface area contributed by atoms with Crippen molar-refractivity contribution in [3.8, 4) is 5.75 Å². The van der Waals surface area contributed by atoms with Gasteiger partial charge in [0, 0.05) is 18.8 Å². The summed E-state index contributed by atoms with van der Waals surface area (Å²) in [7, 11) is 0. The Morgan fingerprint density at radius 2 is 1.76 bits per heavy atom. The number of hydrogen-bond acceptors (Lipinski definition) is 5. The first-order valence-corrected chi connectivity index (χ1v) is 11.2. The third kappa shape index (κ3) is 4.62. The minimum Gasteiger partial charge on any atom is -0.503 e. The zero-order valence-electron chi connectivity index (χ0n) is 18.2. The molecule has 1 aromatic heterocycles. The van der Waals surface area contributed by atoms with Gasteiger partial charge in [-0.05, 0) is 24.8 Å². The molecule has 9 heteroatoms. The summed E-state index contributed by atoms with van der Waals surface area (Å²) in [4.78, 5) is 51.7. The lowest BCUT2D eigenvalue weighted by Crippen LogP contribution is -2.57. The van der Waals surface area contributed by atoms with Gasteiger partial charge in [0.2, 0.25) is 11.3 Å². The van der Waals surface area contributed by atoms with E-state index in [2.05, 4.69) is 5.32 Å². The van der Waals surface area contributed by atoms with E-state index < -0.39 is 34.7 Å². The number of amides is 2. The molecular weight excluding hydrogens is 426 g/mol. The molecule has 2 aromatic rings. The van der Waals surface area contributed by atoms with Crippen LogP contribution in [0.5, 0.6) is 5.75 Å². The van der Waals surface area contributed by atoms with Crippen LogP contribution in [0.25, 0.3) is 0 Å². The number of aromatic carboxylic acids is 1. The molecule has 0 radical (unpaired) electrons. The highest BCUT2D eigenvalue weighted by Crippen LogP contribution is 2.25. The molecule has 0 spiro atoms. The topological polar surface area (TPSA) is 129 Å². The molecule has 1 aromatic carbocycles.